The van der Waals surface area contributed by atoms with Gasteiger partial charge in [0, 0.05) is 11.6 Å². The molecular weight excluding hydrogens is 394 g/mol. The maximum Gasteiger partial charge on any atom is 0.447 e. The number of thioether (sulfide) groups is 1. The minimum Gasteiger partial charge on any atom is -0.333 e. The number of nitrogens with zero attached hydrogens (tertiary/aromatic N) is 3. The van der Waals surface area contributed by atoms with E-state index in [2.05, 4.69) is 13.8 Å². The molecule has 1 aliphatic rings. The number of hydrogen-bond donors (Lipinski definition) is 0. The number of hydrogen-bond acceptors (Lipinski definition) is 5. The Morgan fingerprint density at radius 2 is 2.04 bits per heavy atom. The Bertz CT molecular complexity index is 961. The second-order valence-electron chi connectivity index (χ2n) is 7.17. The van der Waals surface area contributed by atoms with E-state index in [-0.39, 0.29) is 0 Å². The Hall–Kier alpha value is -1.51. The van der Waals surface area contributed by atoms with Gasteiger partial charge >= 0.3 is 11.4 Å². The van der Waals surface area contributed by atoms with Gasteiger partial charge in [0.25, 0.3) is 0 Å². The van der Waals surface area contributed by atoms with Crippen LogP contribution < -0.4 is 11.4 Å². The molecule has 26 heavy (non-hydrogen) atoms. The van der Waals surface area contributed by atoms with E-state index in [9.17, 15) is 9.59 Å². The fourth-order valence-electron chi connectivity index (χ4n) is 3.11. The van der Waals surface area contributed by atoms with Crippen LogP contribution in [0.5, 0.6) is 0 Å². The molecule has 6 nitrogen and oxygen atoms in total. The molecule has 0 unspecified atom stereocenters. The molecule has 0 bridgehead atoms. The number of thiocarbonyl (C=S) groups is 1. The van der Waals surface area contributed by atoms with E-state index in [1.165, 1.54) is 11.8 Å². The third kappa shape index (κ3) is 3.37. The first kappa shape index (κ1) is 19.3. The van der Waals surface area contributed by atoms with E-state index in [1.54, 1.807) is 24.3 Å². The summed E-state index contributed by atoms with van der Waals surface area (Å²) in [5.41, 5.74) is -0.175. The maximum absolute atomic E-state index is 13.0. The zero-order valence-corrected chi connectivity index (χ0v) is 17.3. The molecule has 0 aliphatic carbocycles. The van der Waals surface area contributed by atoms with Crippen molar-refractivity contribution in [2.45, 2.75) is 38.6 Å². The summed E-state index contributed by atoms with van der Waals surface area (Å²) >= 11 is 13.0. The van der Waals surface area contributed by atoms with Gasteiger partial charge in [0.2, 0.25) is 0 Å². The second kappa shape index (κ2) is 6.90. The van der Waals surface area contributed by atoms with Gasteiger partial charge in [-0.15, -0.1) is 4.74 Å². The molecule has 3 rings (SSSR count). The van der Waals surface area contributed by atoms with Crippen LogP contribution in [0, 0.1) is 5.92 Å². The molecule has 0 radical (unpaired) electrons. The van der Waals surface area contributed by atoms with E-state index in [1.807, 2.05) is 18.7 Å². The van der Waals surface area contributed by atoms with Crippen molar-refractivity contribution in [2.75, 3.05) is 6.54 Å². The highest BCUT2D eigenvalue weighted by atomic mass is 35.5. The van der Waals surface area contributed by atoms with Crippen LogP contribution in [0.15, 0.2) is 38.4 Å². The van der Waals surface area contributed by atoms with Crippen LogP contribution in [-0.4, -0.2) is 29.8 Å². The van der Waals surface area contributed by atoms with Gasteiger partial charge in [-0.25, -0.2) is 9.59 Å². The lowest BCUT2D eigenvalue weighted by Gasteiger charge is -2.31. The normalized spacial score (nSPS) is 19.5. The van der Waals surface area contributed by atoms with Crippen LogP contribution in [0.2, 0.25) is 5.02 Å². The van der Waals surface area contributed by atoms with Crippen molar-refractivity contribution < 1.29 is 4.52 Å². The third-order valence-corrected chi connectivity index (χ3v) is 5.96. The first-order valence-electron chi connectivity index (χ1n) is 8.22. The van der Waals surface area contributed by atoms with Crippen LogP contribution in [0.25, 0.3) is 5.69 Å². The lowest BCUT2D eigenvalue weighted by atomic mass is 10.1. The molecule has 0 saturated carbocycles. The molecule has 2 heterocycles. The van der Waals surface area contributed by atoms with E-state index >= 15 is 0 Å². The maximum atomic E-state index is 13.0. The Kier molecular flexibility index (Phi) is 5.11. The zero-order chi connectivity index (χ0) is 19.2. The molecule has 1 aromatic heterocycles. The molecule has 140 valence electrons. The standard InChI is InChI=1S/C17H20ClN3O3S2/c1-10(2)9-19-13(17(3,4)26-16(19)25)21-14(22)20(15(23)24-21)12-7-5-6-11(18)8-12/h5-8,10,13H,9H2,1-4H3/t13-/m1/s1. The van der Waals surface area contributed by atoms with Crippen molar-refractivity contribution in [3.63, 3.8) is 0 Å². The molecule has 1 saturated heterocycles. The van der Waals surface area contributed by atoms with Crippen molar-refractivity contribution in [3.05, 3.63) is 50.3 Å². The SMILES string of the molecule is CC(C)CN1C(=S)SC(C)(C)[C@H]1n1oc(=O)n(-c2cccc(Cl)c2)c1=O. The topological polar surface area (TPSA) is 60.4 Å². The molecule has 9 heteroatoms. The molecule has 1 aromatic carbocycles. The minimum atomic E-state index is -0.750. The summed E-state index contributed by atoms with van der Waals surface area (Å²) in [5.74, 6) is -0.414. The molecule has 2 aromatic rings. The fraction of sp³-hybridized carbons (Fsp3) is 0.471. The molecule has 1 fully saturated rings. The molecule has 1 atom stereocenters. The van der Waals surface area contributed by atoms with Crippen LogP contribution in [-0.2, 0) is 0 Å². The van der Waals surface area contributed by atoms with Gasteiger partial charge in [-0.05, 0) is 38.0 Å². The van der Waals surface area contributed by atoms with Crippen molar-refractivity contribution >= 4 is 39.9 Å². The largest absolute Gasteiger partial charge is 0.447 e. The van der Waals surface area contributed by atoms with Gasteiger partial charge in [-0.2, -0.15) is 4.57 Å². The van der Waals surface area contributed by atoms with Crippen LogP contribution in [0.3, 0.4) is 0 Å². The van der Waals surface area contributed by atoms with Crippen molar-refractivity contribution in [2.24, 2.45) is 5.92 Å². The summed E-state index contributed by atoms with van der Waals surface area (Å²) < 4.78 is 7.77. The first-order valence-corrected chi connectivity index (χ1v) is 9.82. The van der Waals surface area contributed by atoms with Gasteiger partial charge < -0.3 is 9.42 Å². The molecule has 0 N–H and O–H groups in total. The summed E-state index contributed by atoms with van der Waals surface area (Å²) in [7, 11) is 0. The molecule has 1 aliphatic heterocycles. The van der Waals surface area contributed by atoms with E-state index < -0.39 is 22.4 Å². The monoisotopic (exact) mass is 413 g/mol. The lowest BCUT2D eigenvalue weighted by Crippen LogP contribution is -2.43. The smallest absolute Gasteiger partial charge is 0.333 e. The quantitative estimate of drug-likeness (QED) is 0.715. The van der Waals surface area contributed by atoms with Crippen molar-refractivity contribution in [3.8, 4) is 5.69 Å². The first-order chi connectivity index (χ1) is 12.1. The van der Waals surface area contributed by atoms with E-state index in [0.29, 0.717) is 27.5 Å². The number of aromatic nitrogens is 2. The summed E-state index contributed by atoms with van der Waals surface area (Å²) in [4.78, 5) is 27.4. The third-order valence-electron chi connectivity index (χ3n) is 4.09. The summed E-state index contributed by atoms with van der Waals surface area (Å²) in [6.45, 7) is 8.78. The van der Waals surface area contributed by atoms with Gasteiger partial charge in [0.15, 0.2) is 6.17 Å². The highest BCUT2D eigenvalue weighted by molar-refractivity contribution is 8.24. The van der Waals surface area contributed by atoms with Crippen LogP contribution in [0.1, 0.15) is 33.9 Å². The van der Waals surface area contributed by atoms with Crippen molar-refractivity contribution in [1.82, 2.24) is 14.2 Å². The predicted octanol–water partition coefficient (Wildman–Crippen LogP) is 3.51. The highest BCUT2D eigenvalue weighted by Gasteiger charge is 2.48. The van der Waals surface area contributed by atoms with Crippen molar-refractivity contribution in [1.29, 1.82) is 0 Å². The van der Waals surface area contributed by atoms with E-state index in [0.717, 1.165) is 9.31 Å². The Balaban J connectivity index is 2.14. The van der Waals surface area contributed by atoms with Crippen LogP contribution >= 0.6 is 35.6 Å². The minimum absolute atomic E-state index is 0.336. The average molecular weight is 414 g/mol. The molecule has 0 spiro atoms. The second-order valence-corrected chi connectivity index (χ2v) is 9.90. The van der Waals surface area contributed by atoms with E-state index in [4.69, 9.17) is 28.3 Å². The number of rotatable bonds is 4. The van der Waals surface area contributed by atoms with Gasteiger partial charge in [-0.1, -0.05) is 55.5 Å². The summed E-state index contributed by atoms with van der Waals surface area (Å²) in [6, 6.07) is 6.54. The molecular formula is C17H20ClN3O3S2. The number of halogens is 1. The zero-order valence-electron chi connectivity index (χ0n) is 14.9. The molecule has 0 amide bonds. The highest BCUT2D eigenvalue weighted by Crippen LogP contribution is 2.46. The number of benzene rings is 1. The summed E-state index contributed by atoms with van der Waals surface area (Å²) in [6.07, 6.45) is -0.483. The lowest BCUT2D eigenvalue weighted by molar-refractivity contribution is 0.0842. The van der Waals surface area contributed by atoms with Gasteiger partial charge in [0.05, 0.1) is 10.4 Å². The average Bonchev–Trinajstić information content (AvgIpc) is 2.91. The Morgan fingerprint density at radius 3 is 2.65 bits per heavy atom. The van der Waals surface area contributed by atoms with Gasteiger partial charge in [-0.3, -0.25) is 0 Å². The Morgan fingerprint density at radius 1 is 1.35 bits per heavy atom. The fourth-order valence-corrected chi connectivity index (χ4v) is 5.19. The predicted molar refractivity (Wildman–Crippen MR) is 108 cm³/mol. The summed E-state index contributed by atoms with van der Waals surface area (Å²) in [5, 5.41) is 0.431. The van der Waals surface area contributed by atoms with Crippen LogP contribution in [0.4, 0.5) is 0 Å². The Labute approximate surface area is 165 Å². The van der Waals surface area contributed by atoms with Gasteiger partial charge in [0.1, 0.15) is 4.32 Å².